The molecule has 106 valence electrons. The smallest absolute Gasteiger partial charge is 0.128 e. The minimum atomic E-state index is -0.559. The first-order chi connectivity index (χ1) is 9.14. The Bertz CT molecular complexity index is 442. The molecule has 2 rings (SSSR count). The lowest BCUT2D eigenvalue weighted by atomic mass is 9.76. The van der Waals surface area contributed by atoms with E-state index in [4.69, 9.17) is 15.2 Å². The number of hydrogen-bond acceptors (Lipinski definition) is 3. The highest BCUT2D eigenvalue weighted by Gasteiger charge is 2.33. The summed E-state index contributed by atoms with van der Waals surface area (Å²) in [4.78, 5) is 0. The zero-order valence-corrected chi connectivity index (χ0v) is 11.7. The maximum Gasteiger partial charge on any atom is 0.128 e. The molecular weight excluding hydrogens is 245 g/mol. The molecule has 0 aliphatic heterocycles. The fraction of sp³-hybridized carbons (Fsp3) is 0.600. The molecule has 3 nitrogen and oxygen atoms in total. The van der Waals surface area contributed by atoms with Gasteiger partial charge in [-0.2, -0.15) is 0 Å². The lowest BCUT2D eigenvalue weighted by molar-refractivity contribution is 0.287. The highest BCUT2D eigenvalue weighted by molar-refractivity contribution is 5.49. The lowest BCUT2D eigenvalue weighted by Crippen LogP contribution is -2.39. The third-order valence-corrected chi connectivity index (χ3v) is 4.03. The van der Waals surface area contributed by atoms with Gasteiger partial charge < -0.3 is 15.2 Å². The topological polar surface area (TPSA) is 44.5 Å². The summed E-state index contributed by atoms with van der Waals surface area (Å²) in [5.74, 6) is 1.21. The Morgan fingerprint density at radius 1 is 1.11 bits per heavy atom. The number of alkyl halides is 1. The molecule has 0 heterocycles. The van der Waals surface area contributed by atoms with Crippen LogP contribution in [0.15, 0.2) is 12.1 Å². The molecule has 0 spiro atoms. The van der Waals surface area contributed by atoms with Gasteiger partial charge in [-0.1, -0.05) is 19.3 Å². The minimum Gasteiger partial charge on any atom is -0.496 e. The van der Waals surface area contributed by atoms with E-state index in [1.165, 1.54) is 13.5 Å². The molecule has 1 aromatic rings. The van der Waals surface area contributed by atoms with E-state index in [9.17, 15) is 4.39 Å². The van der Waals surface area contributed by atoms with E-state index >= 15 is 0 Å². The second kappa shape index (κ2) is 5.78. The van der Waals surface area contributed by atoms with Crippen LogP contribution in [0, 0.1) is 0 Å². The minimum absolute atomic E-state index is 0.403. The van der Waals surface area contributed by atoms with E-state index in [0.29, 0.717) is 17.1 Å². The number of hydrogen-bond donors (Lipinski definition) is 1. The van der Waals surface area contributed by atoms with Crippen LogP contribution in [0.3, 0.4) is 0 Å². The van der Waals surface area contributed by atoms with E-state index < -0.39 is 12.2 Å². The number of ether oxygens (including phenoxy) is 2. The molecule has 0 saturated heterocycles. The summed E-state index contributed by atoms with van der Waals surface area (Å²) < 4.78 is 23.7. The highest BCUT2D eigenvalue weighted by Crippen LogP contribution is 2.42. The van der Waals surface area contributed by atoms with Crippen molar-refractivity contribution >= 4 is 0 Å². The van der Waals surface area contributed by atoms with Crippen LogP contribution in [0.4, 0.5) is 4.39 Å². The second-order valence-corrected chi connectivity index (χ2v) is 5.21. The SMILES string of the molecule is COc1cc(OC)c(C2(N)CCCCC2)cc1CF. The van der Waals surface area contributed by atoms with Gasteiger partial charge in [0.15, 0.2) is 0 Å². The molecule has 19 heavy (non-hydrogen) atoms. The lowest BCUT2D eigenvalue weighted by Gasteiger charge is -2.35. The van der Waals surface area contributed by atoms with E-state index in [2.05, 4.69) is 0 Å². The third-order valence-electron chi connectivity index (χ3n) is 4.03. The summed E-state index contributed by atoms with van der Waals surface area (Å²) in [7, 11) is 3.14. The quantitative estimate of drug-likeness (QED) is 0.910. The summed E-state index contributed by atoms with van der Waals surface area (Å²) in [5.41, 5.74) is 7.57. The Labute approximate surface area is 113 Å². The van der Waals surface area contributed by atoms with Crippen molar-refractivity contribution in [3.63, 3.8) is 0 Å². The summed E-state index contributed by atoms with van der Waals surface area (Å²) >= 11 is 0. The molecule has 1 fully saturated rings. The summed E-state index contributed by atoms with van der Waals surface area (Å²) in [6.07, 6.45) is 5.27. The van der Waals surface area contributed by atoms with Gasteiger partial charge >= 0.3 is 0 Å². The van der Waals surface area contributed by atoms with Gasteiger partial charge in [0, 0.05) is 22.7 Å². The van der Waals surface area contributed by atoms with Gasteiger partial charge in [0.25, 0.3) is 0 Å². The molecule has 1 aliphatic carbocycles. The van der Waals surface area contributed by atoms with Crippen molar-refractivity contribution in [1.29, 1.82) is 0 Å². The number of methoxy groups -OCH3 is 2. The Balaban J connectivity index is 2.48. The molecule has 0 bridgehead atoms. The van der Waals surface area contributed by atoms with E-state index in [1.807, 2.05) is 6.07 Å². The fourth-order valence-corrected chi connectivity index (χ4v) is 2.91. The van der Waals surface area contributed by atoms with Gasteiger partial charge in [0.05, 0.1) is 14.2 Å². The van der Waals surface area contributed by atoms with E-state index in [1.54, 1.807) is 13.2 Å². The first kappa shape index (κ1) is 14.1. The van der Waals surface area contributed by atoms with Crippen LogP contribution in [-0.4, -0.2) is 14.2 Å². The molecule has 0 radical (unpaired) electrons. The predicted octanol–water partition coefficient (Wildman–Crippen LogP) is 3.29. The molecule has 0 atom stereocenters. The van der Waals surface area contributed by atoms with Crippen molar-refractivity contribution in [2.75, 3.05) is 14.2 Å². The molecule has 1 aromatic carbocycles. The normalized spacial score (nSPS) is 18.1. The number of halogens is 1. The van der Waals surface area contributed by atoms with Crippen molar-refractivity contribution < 1.29 is 13.9 Å². The van der Waals surface area contributed by atoms with Crippen LogP contribution in [0.1, 0.15) is 43.2 Å². The van der Waals surface area contributed by atoms with Crippen LogP contribution in [0.25, 0.3) is 0 Å². The monoisotopic (exact) mass is 267 g/mol. The first-order valence-electron chi connectivity index (χ1n) is 6.75. The Morgan fingerprint density at radius 2 is 1.74 bits per heavy atom. The average molecular weight is 267 g/mol. The zero-order valence-electron chi connectivity index (χ0n) is 11.7. The van der Waals surface area contributed by atoms with Crippen molar-refractivity contribution in [3.8, 4) is 11.5 Å². The van der Waals surface area contributed by atoms with Crippen LogP contribution in [-0.2, 0) is 12.2 Å². The van der Waals surface area contributed by atoms with Gasteiger partial charge in [-0.05, 0) is 18.9 Å². The van der Waals surface area contributed by atoms with Gasteiger partial charge in [0.1, 0.15) is 18.2 Å². The van der Waals surface area contributed by atoms with Crippen LogP contribution < -0.4 is 15.2 Å². The van der Waals surface area contributed by atoms with Gasteiger partial charge in [-0.3, -0.25) is 0 Å². The number of nitrogens with two attached hydrogens (primary N) is 1. The van der Waals surface area contributed by atoms with Crippen molar-refractivity contribution in [3.05, 3.63) is 23.3 Å². The Hall–Kier alpha value is -1.29. The standard InChI is InChI=1S/C15H22FNO2/c1-18-13-9-14(19-2)12(8-11(13)10-16)15(17)6-4-3-5-7-15/h8-9H,3-7,10,17H2,1-2H3. The highest BCUT2D eigenvalue weighted by atomic mass is 19.1. The van der Waals surface area contributed by atoms with Crippen LogP contribution in [0.2, 0.25) is 0 Å². The molecule has 4 heteroatoms. The van der Waals surface area contributed by atoms with Crippen LogP contribution in [0.5, 0.6) is 11.5 Å². The maximum atomic E-state index is 13.1. The molecule has 0 aromatic heterocycles. The first-order valence-corrected chi connectivity index (χ1v) is 6.75. The summed E-state index contributed by atoms with van der Waals surface area (Å²) in [6, 6.07) is 3.55. The molecule has 0 unspecified atom stereocenters. The largest absolute Gasteiger partial charge is 0.496 e. The van der Waals surface area contributed by atoms with Crippen molar-refractivity contribution in [2.24, 2.45) is 5.73 Å². The summed E-state index contributed by atoms with van der Waals surface area (Å²) in [6.45, 7) is -0.559. The number of rotatable bonds is 4. The molecule has 2 N–H and O–H groups in total. The summed E-state index contributed by atoms with van der Waals surface area (Å²) in [5, 5.41) is 0. The Kier molecular flexibility index (Phi) is 4.30. The maximum absolute atomic E-state index is 13.1. The van der Waals surface area contributed by atoms with Crippen molar-refractivity contribution in [1.82, 2.24) is 0 Å². The molecule has 0 amide bonds. The number of benzene rings is 1. The van der Waals surface area contributed by atoms with Gasteiger partial charge in [0.2, 0.25) is 0 Å². The van der Waals surface area contributed by atoms with Gasteiger partial charge in [-0.15, -0.1) is 0 Å². The van der Waals surface area contributed by atoms with Crippen LogP contribution >= 0.6 is 0 Å². The third kappa shape index (κ3) is 2.68. The predicted molar refractivity (Wildman–Crippen MR) is 73.3 cm³/mol. The molecule has 1 aliphatic rings. The zero-order chi connectivity index (χ0) is 13.9. The molecular formula is C15H22FNO2. The Morgan fingerprint density at radius 3 is 2.26 bits per heavy atom. The fourth-order valence-electron chi connectivity index (χ4n) is 2.91. The second-order valence-electron chi connectivity index (χ2n) is 5.21. The van der Waals surface area contributed by atoms with E-state index in [-0.39, 0.29) is 0 Å². The average Bonchev–Trinajstić information content (AvgIpc) is 2.46. The molecule has 1 saturated carbocycles. The van der Waals surface area contributed by atoms with E-state index in [0.717, 1.165) is 31.2 Å². The van der Waals surface area contributed by atoms with Gasteiger partial charge in [-0.25, -0.2) is 4.39 Å². The van der Waals surface area contributed by atoms with Crippen molar-refractivity contribution in [2.45, 2.75) is 44.3 Å².